The normalized spacial score (nSPS) is 19.3. The van der Waals surface area contributed by atoms with Crippen molar-refractivity contribution in [2.24, 2.45) is 5.92 Å². The molecule has 0 radical (unpaired) electrons. The average Bonchev–Trinajstić information content (AvgIpc) is 3.11. The first kappa shape index (κ1) is 17.2. The largest absolute Gasteiger partial charge is 0.302 e. The summed E-state index contributed by atoms with van der Waals surface area (Å²) in [6, 6.07) is 22.9. The van der Waals surface area contributed by atoms with Crippen molar-refractivity contribution in [3.63, 3.8) is 0 Å². The number of nitrogens with zero attached hydrogens (tertiary/aromatic N) is 2. The van der Waals surface area contributed by atoms with E-state index in [1.165, 1.54) is 37.1 Å². The fourth-order valence-corrected chi connectivity index (χ4v) is 4.41. The van der Waals surface area contributed by atoms with E-state index < -0.39 is 0 Å². The first-order valence-corrected chi connectivity index (χ1v) is 9.19. The van der Waals surface area contributed by atoms with Crippen molar-refractivity contribution in [1.29, 1.82) is 0 Å². The zero-order valence-electron chi connectivity index (χ0n) is 15.2. The number of hydrogen-bond acceptors (Lipinski definition) is 2. The maximum absolute atomic E-state index is 2.69. The highest BCUT2D eigenvalue weighted by atomic mass is 15.2. The van der Waals surface area contributed by atoms with Crippen LogP contribution in [-0.4, -0.2) is 37.0 Å². The lowest BCUT2D eigenvalue weighted by Gasteiger charge is -2.40. The van der Waals surface area contributed by atoms with Crippen LogP contribution in [0.25, 0.3) is 0 Å². The molecule has 2 heteroatoms. The predicted molar refractivity (Wildman–Crippen MR) is 102 cm³/mol. The SMILES string of the molecule is CC(C(c1ccccc1)N(C)C)C(c1ccccc1)N1CCCC1. The molecule has 0 aromatic heterocycles. The third-order valence-corrected chi connectivity index (χ3v) is 5.37. The smallest absolute Gasteiger partial charge is 0.0391 e. The Morgan fingerprint density at radius 2 is 1.29 bits per heavy atom. The average molecular weight is 322 g/mol. The van der Waals surface area contributed by atoms with Crippen LogP contribution < -0.4 is 0 Å². The Labute approximate surface area is 147 Å². The summed E-state index contributed by atoms with van der Waals surface area (Å²) in [5.74, 6) is 0.517. The van der Waals surface area contributed by atoms with E-state index in [4.69, 9.17) is 0 Å². The van der Waals surface area contributed by atoms with Gasteiger partial charge in [0.25, 0.3) is 0 Å². The lowest BCUT2D eigenvalue weighted by molar-refractivity contribution is 0.110. The summed E-state index contributed by atoms with van der Waals surface area (Å²) in [5.41, 5.74) is 2.87. The van der Waals surface area contributed by atoms with Crippen LogP contribution >= 0.6 is 0 Å². The molecule has 2 nitrogen and oxygen atoms in total. The lowest BCUT2D eigenvalue weighted by Crippen LogP contribution is -2.37. The summed E-state index contributed by atoms with van der Waals surface area (Å²) in [7, 11) is 4.42. The standard InChI is InChI=1S/C22H30N2/c1-18(21(23(2)3)19-12-6-4-7-13-19)22(24-16-10-11-17-24)20-14-8-5-9-15-20/h4-9,12-15,18,21-22H,10-11,16-17H2,1-3H3. The second kappa shape index (κ2) is 7.96. The lowest BCUT2D eigenvalue weighted by atomic mass is 9.83. The first-order valence-electron chi connectivity index (χ1n) is 9.19. The van der Waals surface area contributed by atoms with Crippen molar-refractivity contribution in [3.05, 3.63) is 71.8 Å². The molecule has 1 fully saturated rings. The Bertz CT molecular complexity index is 602. The monoisotopic (exact) mass is 322 g/mol. The van der Waals surface area contributed by atoms with E-state index in [0.29, 0.717) is 18.0 Å². The molecule has 3 unspecified atom stereocenters. The van der Waals surface area contributed by atoms with Gasteiger partial charge in [0.15, 0.2) is 0 Å². The molecular formula is C22H30N2. The Morgan fingerprint density at radius 1 is 0.792 bits per heavy atom. The molecule has 2 aromatic carbocycles. The second-order valence-electron chi connectivity index (χ2n) is 7.28. The maximum atomic E-state index is 2.69. The van der Waals surface area contributed by atoms with E-state index in [0.717, 1.165) is 0 Å². The molecule has 3 atom stereocenters. The maximum Gasteiger partial charge on any atom is 0.0391 e. The van der Waals surface area contributed by atoms with E-state index in [1.54, 1.807) is 0 Å². The highest BCUT2D eigenvalue weighted by molar-refractivity contribution is 5.25. The number of hydrogen-bond donors (Lipinski definition) is 0. The molecule has 1 aliphatic rings. The minimum Gasteiger partial charge on any atom is -0.302 e. The van der Waals surface area contributed by atoms with Crippen molar-refractivity contribution in [2.75, 3.05) is 27.2 Å². The molecular weight excluding hydrogens is 292 g/mol. The van der Waals surface area contributed by atoms with Gasteiger partial charge in [0.05, 0.1) is 0 Å². The van der Waals surface area contributed by atoms with Gasteiger partial charge in [-0.3, -0.25) is 4.90 Å². The molecule has 0 amide bonds. The summed E-state index contributed by atoms with van der Waals surface area (Å²) in [4.78, 5) is 5.07. The summed E-state index contributed by atoms with van der Waals surface area (Å²) >= 11 is 0. The second-order valence-corrected chi connectivity index (χ2v) is 7.28. The van der Waals surface area contributed by atoms with Crippen LogP contribution in [0.5, 0.6) is 0 Å². The Hall–Kier alpha value is -1.64. The quantitative estimate of drug-likeness (QED) is 0.756. The third kappa shape index (κ3) is 3.71. The molecule has 1 saturated heterocycles. The van der Waals surface area contributed by atoms with E-state index in [9.17, 15) is 0 Å². The predicted octanol–water partition coefficient (Wildman–Crippen LogP) is 4.76. The van der Waals surface area contributed by atoms with Crippen molar-refractivity contribution >= 4 is 0 Å². The van der Waals surface area contributed by atoms with Crippen LogP contribution in [-0.2, 0) is 0 Å². The summed E-state index contributed by atoms with van der Waals surface area (Å²) in [6.07, 6.45) is 2.65. The highest BCUT2D eigenvalue weighted by Crippen LogP contribution is 2.40. The van der Waals surface area contributed by atoms with E-state index in [-0.39, 0.29) is 0 Å². The molecule has 1 aliphatic heterocycles. The van der Waals surface area contributed by atoms with Crippen LogP contribution in [0.1, 0.15) is 43.0 Å². The zero-order valence-corrected chi connectivity index (χ0v) is 15.2. The molecule has 0 aliphatic carbocycles. The van der Waals surface area contributed by atoms with Gasteiger partial charge in [0.1, 0.15) is 0 Å². The van der Waals surface area contributed by atoms with Gasteiger partial charge in [-0.25, -0.2) is 0 Å². The molecule has 24 heavy (non-hydrogen) atoms. The van der Waals surface area contributed by atoms with Gasteiger partial charge in [-0.1, -0.05) is 67.6 Å². The summed E-state index contributed by atoms with van der Waals surface area (Å²) in [6.45, 7) is 4.87. The highest BCUT2D eigenvalue weighted by Gasteiger charge is 2.34. The molecule has 1 heterocycles. The fraction of sp³-hybridized carbons (Fsp3) is 0.455. The molecule has 128 valence electrons. The van der Waals surface area contributed by atoms with E-state index in [1.807, 2.05) is 0 Å². The van der Waals surface area contributed by atoms with Gasteiger partial charge >= 0.3 is 0 Å². The van der Waals surface area contributed by atoms with Crippen molar-refractivity contribution in [1.82, 2.24) is 9.80 Å². The Balaban J connectivity index is 1.96. The topological polar surface area (TPSA) is 6.48 Å². The number of likely N-dealkylation sites (tertiary alicyclic amines) is 1. The van der Waals surface area contributed by atoms with Crippen molar-refractivity contribution < 1.29 is 0 Å². The van der Waals surface area contributed by atoms with Crippen LogP contribution in [0.4, 0.5) is 0 Å². The van der Waals surface area contributed by atoms with Gasteiger partial charge < -0.3 is 4.90 Å². The zero-order chi connectivity index (χ0) is 16.9. The Morgan fingerprint density at radius 3 is 1.79 bits per heavy atom. The minimum absolute atomic E-state index is 0.414. The summed E-state index contributed by atoms with van der Waals surface area (Å²) in [5, 5.41) is 0. The Kier molecular flexibility index (Phi) is 5.70. The van der Waals surface area contributed by atoms with Crippen molar-refractivity contribution in [3.8, 4) is 0 Å². The van der Waals surface area contributed by atoms with Gasteiger partial charge in [0, 0.05) is 12.1 Å². The third-order valence-electron chi connectivity index (χ3n) is 5.37. The number of benzene rings is 2. The molecule has 0 N–H and O–H groups in total. The molecule has 0 saturated carbocycles. The summed E-state index contributed by atoms with van der Waals surface area (Å²) < 4.78 is 0. The van der Waals surface area contributed by atoms with E-state index in [2.05, 4.69) is 91.5 Å². The molecule has 0 bridgehead atoms. The molecule has 2 aromatic rings. The molecule has 0 spiro atoms. The van der Waals surface area contributed by atoms with Gasteiger partial charge in [-0.2, -0.15) is 0 Å². The fourth-order valence-electron chi connectivity index (χ4n) is 4.41. The van der Waals surface area contributed by atoms with Crippen LogP contribution in [0.15, 0.2) is 60.7 Å². The van der Waals surface area contributed by atoms with Crippen molar-refractivity contribution in [2.45, 2.75) is 31.8 Å². The number of rotatable bonds is 6. The van der Waals surface area contributed by atoms with Gasteiger partial charge in [-0.05, 0) is 57.1 Å². The van der Waals surface area contributed by atoms with Gasteiger partial charge in [0.2, 0.25) is 0 Å². The van der Waals surface area contributed by atoms with Crippen LogP contribution in [0.2, 0.25) is 0 Å². The van der Waals surface area contributed by atoms with Crippen LogP contribution in [0.3, 0.4) is 0 Å². The van der Waals surface area contributed by atoms with E-state index >= 15 is 0 Å². The minimum atomic E-state index is 0.414. The van der Waals surface area contributed by atoms with Crippen LogP contribution in [0, 0.1) is 5.92 Å². The first-order chi connectivity index (χ1) is 11.7. The molecule has 3 rings (SSSR count). The van der Waals surface area contributed by atoms with Gasteiger partial charge in [-0.15, -0.1) is 0 Å².